The van der Waals surface area contributed by atoms with Gasteiger partial charge in [-0.1, -0.05) is 31.0 Å². The maximum absolute atomic E-state index is 14.2. The molecular formula is C29H38FNO3. The topological polar surface area (TPSA) is 39.7 Å². The van der Waals surface area contributed by atoms with Crippen LogP contribution in [0.2, 0.25) is 0 Å². The Balaban J connectivity index is 1.03. The number of halogens is 1. The van der Waals surface area contributed by atoms with Gasteiger partial charge in [0.05, 0.1) is 12.2 Å². The summed E-state index contributed by atoms with van der Waals surface area (Å²) in [6, 6.07) is 13.6. The second-order valence-corrected chi connectivity index (χ2v) is 10.1. The Kier molecular flexibility index (Phi) is 8.02. The van der Waals surface area contributed by atoms with Gasteiger partial charge >= 0.3 is 0 Å². The standard InChI is InChI=1S/C29H38FNO3/c30-27-9-4-3-8-26(27)29-16-10-21-20-25(15-17-28(21)34-29)33-24-13-11-22(12-14-24)31-18-5-19-32-23-6-1-2-7-23/h3-4,8-9,15,17,20,22-24,29,31H,1-2,5-7,10-14,16,18-19H2. The zero-order chi connectivity index (χ0) is 23.2. The predicted molar refractivity (Wildman–Crippen MR) is 132 cm³/mol. The SMILES string of the molecule is Fc1ccccc1C1CCc2cc(OC3CCC(NCCCOC4CCCC4)CC3)ccc2O1. The van der Waals surface area contributed by atoms with Gasteiger partial charge in [-0.15, -0.1) is 0 Å². The molecule has 0 radical (unpaired) electrons. The van der Waals surface area contributed by atoms with Crippen LogP contribution in [0.1, 0.15) is 81.4 Å². The molecule has 2 saturated carbocycles. The number of fused-ring (bicyclic) bond motifs is 1. The summed E-state index contributed by atoms with van der Waals surface area (Å²) in [6.45, 7) is 1.93. The molecule has 3 aliphatic rings. The van der Waals surface area contributed by atoms with E-state index in [2.05, 4.69) is 11.4 Å². The summed E-state index contributed by atoms with van der Waals surface area (Å²) in [6.07, 6.45) is 13.0. The quantitative estimate of drug-likeness (QED) is 0.426. The lowest BCUT2D eigenvalue weighted by molar-refractivity contribution is 0.0560. The van der Waals surface area contributed by atoms with Crippen LogP contribution in [0.25, 0.3) is 0 Å². The molecule has 5 rings (SSSR count). The average molecular weight is 468 g/mol. The highest BCUT2D eigenvalue weighted by atomic mass is 19.1. The second kappa shape index (κ2) is 11.5. The fourth-order valence-corrected chi connectivity index (χ4v) is 5.65. The number of hydrogen-bond donors (Lipinski definition) is 1. The van der Waals surface area contributed by atoms with Crippen molar-refractivity contribution in [3.8, 4) is 11.5 Å². The van der Waals surface area contributed by atoms with Gasteiger partial charge in [0.15, 0.2) is 0 Å². The van der Waals surface area contributed by atoms with Crippen molar-refractivity contribution in [3.63, 3.8) is 0 Å². The summed E-state index contributed by atoms with van der Waals surface area (Å²) < 4.78 is 32.6. The first-order chi connectivity index (χ1) is 16.7. The highest BCUT2D eigenvalue weighted by Crippen LogP contribution is 2.38. The Bertz CT molecular complexity index is 921. The Morgan fingerprint density at radius 2 is 1.74 bits per heavy atom. The number of ether oxygens (including phenoxy) is 3. The molecule has 0 bridgehead atoms. The van der Waals surface area contributed by atoms with Crippen LogP contribution in [-0.4, -0.2) is 31.4 Å². The van der Waals surface area contributed by atoms with Gasteiger partial charge in [0, 0.05) is 18.2 Å². The summed E-state index contributed by atoms with van der Waals surface area (Å²) in [4.78, 5) is 0. The fraction of sp³-hybridized carbons (Fsp3) is 0.586. The number of aryl methyl sites for hydroxylation is 1. The molecule has 4 nitrogen and oxygen atoms in total. The first-order valence-electron chi connectivity index (χ1n) is 13.3. The molecule has 0 aromatic heterocycles. The van der Waals surface area contributed by atoms with Crippen LogP contribution in [-0.2, 0) is 11.2 Å². The van der Waals surface area contributed by atoms with Gasteiger partial charge < -0.3 is 19.5 Å². The van der Waals surface area contributed by atoms with E-state index in [-0.39, 0.29) is 18.0 Å². The molecular weight excluding hydrogens is 429 g/mol. The minimum atomic E-state index is -0.225. The van der Waals surface area contributed by atoms with E-state index in [0.29, 0.717) is 17.7 Å². The van der Waals surface area contributed by atoms with Crippen molar-refractivity contribution in [2.45, 2.75) is 95.0 Å². The molecule has 2 fully saturated rings. The Hall–Kier alpha value is -2.11. The van der Waals surface area contributed by atoms with E-state index in [9.17, 15) is 4.39 Å². The van der Waals surface area contributed by atoms with Gasteiger partial charge in [0.1, 0.15) is 23.4 Å². The summed E-state index contributed by atoms with van der Waals surface area (Å²) >= 11 is 0. The largest absolute Gasteiger partial charge is 0.490 e. The van der Waals surface area contributed by atoms with Gasteiger partial charge in [-0.3, -0.25) is 0 Å². The molecule has 2 aliphatic carbocycles. The van der Waals surface area contributed by atoms with Crippen LogP contribution in [0.4, 0.5) is 4.39 Å². The second-order valence-electron chi connectivity index (χ2n) is 10.1. The van der Waals surface area contributed by atoms with Crippen molar-refractivity contribution in [2.24, 2.45) is 0 Å². The molecule has 1 N–H and O–H groups in total. The number of nitrogens with one attached hydrogen (secondary N) is 1. The molecule has 0 saturated heterocycles. The lowest BCUT2D eigenvalue weighted by Crippen LogP contribution is -2.37. The van der Waals surface area contributed by atoms with E-state index in [1.54, 1.807) is 6.07 Å². The van der Waals surface area contributed by atoms with Crippen LogP contribution in [0.5, 0.6) is 11.5 Å². The van der Waals surface area contributed by atoms with Crippen LogP contribution >= 0.6 is 0 Å². The maximum Gasteiger partial charge on any atom is 0.130 e. The summed E-state index contributed by atoms with van der Waals surface area (Å²) in [5, 5.41) is 3.72. The van der Waals surface area contributed by atoms with Crippen molar-refractivity contribution in [1.82, 2.24) is 5.32 Å². The lowest BCUT2D eigenvalue weighted by Gasteiger charge is -2.30. The summed E-state index contributed by atoms with van der Waals surface area (Å²) in [7, 11) is 0. The summed E-state index contributed by atoms with van der Waals surface area (Å²) in [5.41, 5.74) is 1.79. The number of hydrogen-bond acceptors (Lipinski definition) is 4. The molecule has 34 heavy (non-hydrogen) atoms. The minimum absolute atomic E-state index is 0.196. The molecule has 1 heterocycles. The number of benzene rings is 2. The van der Waals surface area contributed by atoms with Gasteiger partial charge in [-0.05, 0) is 94.2 Å². The van der Waals surface area contributed by atoms with Crippen LogP contribution in [0.3, 0.4) is 0 Å². The number of rotatable bonds is 9. The highest BCUT2D eigenvalue weighted by Gasteiger charge is 2.25. The van der Waals surface area contributed by atoms with Crippen molar-refractivity contribution < 1.29 is 18.6 Å². The molecule has 184 valence electrons. The normalized spacial score (nSPS) is 25.0. The molecule has 1 aliphatic heterocycles. The van der Waals surface area contributed by atoms with Crippen LogP contribution in [0, 0.1) is 5.82 Å². The Morgan fingerprint density at radius 1 is 0.912 bits per heavy atom. The zero-order valence-electron chi connectivity index (χ0n) is 20.1. The van der Waals surface area contributed by atoms with Gasteiger partial charge in [0.2, 0.25) is 0 Å². The first-order valence-corrected chi connectivity index (χ1v) is 13.3. The molecule has 2 aromatic carbocycles. The molecule has 0 spiro atoms. The molecule has 5 heteroatoms. The van der Waals surface area contributed by atoms with Gasteiger partial charge in [-0.2, -0.15) is 0 Å². The van der Waals surface area contributed by atoms with E-state index in [0.717, 1.165) is 75.2 Å². The lowest BCUT2D eigenvalue weighted by atomic mass is 9.92. The van der Waals surface area contributed by atoms with Gasteiger partial charge in [-0.25, -0.2) is 4.39 Å². The third-order valence-corrected chi connectivity index (χ3v) is 7.62. The predicted octanol–water partition coefficient (Wildman–Crippen LogP) is 6.52. The van der Waals surface area contributed by atoms with Crippen molar-refractivity contribution in [3.05, 3.63) is 59.4 Å². The highest BCUT2D eigenvalue weighted by molar-refractivity contribution is 5.42. The molecule has 2 aromatic rings. The Labute approximate surface area is 203 Å². The van der Waals surface area contributed by atoms with E-state index < -0.39 is 0 Å². The Morgan fingerprint density at radius 3 is 2.56 bits per heavy atom. The van der Waals surface area contributed by atoms with Crippen molar-refractivity contribution in [2.75, 3.05) is 13.2 Å². The van der Waals surface area contributed by atoms with E-state index in [4.69, 9.17) is 14.2 Å². The molecule has 0 amide bonds. The fourth-order valence-electron chi connectivity index (χ4n) is 5.65. The summed E-state index contributed by atoms with van der Waals surface area (Å²) in [5.74, 6) is 1.57. The molecule has 1 atom stereocenters. The van der Waals surface area contributed by atoms with Crippen molar-refractivity contribution in [1.29, 1.82) is 0 Å². The maximum atomic E-state index is 14.2. The smallest absolute Gasteiger partial charge is 0.130 e. The third-order valence-electron chi connectivity index (χ3n) is 7.62. The van der Waals surface area contributed by atoms with E-state index in [1.165, 1.54) is 31.7 Å². The minimum Gasteiger partial charge on any atom is -0.490 e. The molecule has 1 unspecified atom stereocenters. The van der Waals surface area contributed by atoms with Gasteiger partial charge in [0.25, 0.3) is 0 Å². The third kappa shape index (κ3) is 6.11. The van der Waals surface area contributed by atoms with E-state index in [1.807, 2.05) is 24.3 Å². The zero-order valence-corrected chi connectivity index (χ0v) is 20.1. The van der Waals surface area contributed by atoms with Crippen LogP contribution in [0.15, 0.2) is 42.5 Å². The first kappa shape index (κ1) is 23.6. The van der Waals surface area contributed by atoms with E-state index >= 15 is 0 Å². The van der Waals surface area contributed by atoms with Crippen molar-refractivity contribution >= 4 is 0 Å². The average Bonchev–Trinajstić information content (AvgIpc) is 3.38. The monoisotopic (exact) mass is 467 g/mol. The van der Waals surface area contributed by atoms with Crippen LogP contribution < -0.4 is 14.8 Å².